The van der Waals surface area contributed by atoms with Crippen molar-refractivity contribution in [2.45, 2.75) is 37.2 Å². The Hall–Kier alpha value is -0.870. The van der Waals surface area contributed by atoms with Gasteiger partial charge in [0.1, 0.15) is 17.3 Å². The molecule has 5 heteroatoms. The van der Waals surface area contributed by atoms with Crippen molar-refractivity contribution in [1.82, 2.24) is 4.90 Å². The Morgan fingerprint density at radius 2 is 1.80 bits per heavy atom. The number of fused-ring (bicyclic) bond motifs is 2. The molecule has 0 spiro atoms. The number of nitrogens with zero attached hydrogens (tertiary/aromatic N) is 2. The lowest BCUT2D eigenvalue weighted by atomic mass is 10.1. The molecule has 1 aromatic rings. The Balaban J connectivity index is 1.90. The average Bonchev–Trinajstić information content (AvgIpc) is 2.65. The van der Waals surface area contributed by atoms with Gasteiger partial charge < -0.3 is 4.90 Å². The molecule has 2 aliphatic rings. The molecule has 3 rings (SSSR count). The van der Waals surface area contributed by atoms with Gasteiger partial charge in [-0.05, 0) is 44.0 Å². The van der Waals surface area contributed by atoms with Crippen LogP contribution in [0.15, 0.2) is 12.1 Å². The predicted molar refractivity (Wildman–Crippen MR) is 77.3 cm³/mol. The van der Waals surface area contributed by atoms with Crippen molar-refractivity contribution in [1.29, 1.82) is 0 Å². The summed E-state index contributed by atoms with van der Waals surface area (Å²) in [5, 5.41) is 0. The fourth-order valence-electron chi connectivity index (χ4n) is 3.51. The number of halogens is 3. The van der Waals surface area contributed by atoms with Crippen molar-refractivity contribution < 1.29 is 8.78 Å². The van der Waals surface area contributed by atoms with Gasteiger partial charge in [-0.15, -0.1) is 11.6 Å². The van der Waals surface area contributed by atoms with E-state index in [0.29, 0.717) is 30.7 Å². The number of rotatable bonds is 2. The first-order chi connectivity index (χ1) is 9.60. The highest BCUT2D eigenvalue weighted by molar-refractivity contribution is 6.17. The van der Waals surface area contributed by atoms with Gasteiger partial charge in [-0.1, -0.05) is 0 Å². The van der Waals surface area contributed by atoms with Gasteiger partial charge in [0, 0.05) is 31.1 Å². The summed E-state index contributed by atoms with van der Waals surface area (Å²) in [5.74, 6) is -0.871. The van der Waals surface area contributed by atoms with Crippen LogP contribution in [0.25, 0.3) is 0 Å². The second-order valence-electron chi connectivity index (χ2n) is 5.83. The Morgan fingerprint density at radius 3 is 2.45 bits per heavy atom. The van der Waals surface area contributed by atoms with Gasteiger partial charge in [0.15, 0.2) is 0 Å². The first-order valence-corrected chi connectivity index (χ1v) is 7.64. The lowest BCUT2D eigenvalue weighted by Gasteiger charge is -2.28. The first-order valence-electron chi connectivity index (χ1n) is 7.11. The summed E-state index contributed by atoms with van der Waals surface area (Å²) in [6, 6.07) is 3.64. The molecule has 0 N–H and O–H groups in total. The minimum absolute atomic E-state index is 0.111. The normalized spacial score (nSPS) is 26.9. The predicted octanol–water partition coefficient (Wildman–Crippen LogP) is 3.38. The van der Waals surface area contributed by atoms with E-state index in [1.165, 1.54) is 18.6 Å². The van der Waals surface area contributed by atoms with E-state index in [-0.39, 0.29) is 11.6 Å². The zero-order valence-corrected chi connectivity index (χ0v) is 12.3. The SMILES string of the molecule is CN1C2CCC1CN(c1c(F)cc(CCl)cc1F)CC2. The highest BCUT2D eigenvalue weighted by atomic mass is 35.5. The van der Waals surface area contributed by atoms with Crippen LogP contribution >= 0.6 is 11.6 Å². The van der Waals surface area contributed by atoms with Crippen LogP contribution in [0.2, 0.25) is 0 Å². The standard InChI is InChI=1S/C15H19ClF2N2/c1-19-11-2-3-12(19)9-20(5-4-11)15-13(17)6-10(8-16)7-14(15)18/h6-7,11-12H,2-5,8-9H2,1H3. The lowest BCUT2D eigenvalue weighted by Crippen LogP contribution is -2.37. The van der Waals surface area contributed by atoms with Gasteiger partial charge in [-0.25, -0.2) is 8.78 Å². The van der Waals surface area contributed by atoms with Crippen LogP contribution in [-0.2, 0) is 5.88 Å². The summed E-state index contributed by atoms with van der Waals surface area (Å²) < 4.78 is 28.4. The van der Waals surface area contributed by atoms with Crippen molar-refractivity contribution in [3.8, 4) is 0 Å². The van der Waals surface area contributed by atoms with E-state index in [0.717, 1.165) is 12.8 Å². The molecule has 0 aliphatic carbocycles. The molecule has 0 saturated carbocycles. The molecule has 1 aromatic carbocycles. The topological polar surface area (TPSA) is 6.48 Å². The molecule has 0 radical (unpaired) electrons. The summed E-state index contributed by atoms with van der Waals surface area (Å²) in [6.45, 7) is 1.40. The molecule has 2 fully saturated rings. The number of hydrogen-bond acceptors (Lipinski definition) is 2. The van der Waals surface area contributed by atoms with Crippen LogP contribution < -0.4 is 4.90 Å². The third-order valence-electron chi connectivity index (χ3n) is 4.70. The van der Waals surface area contributed by atoms with Gasteiger partial charge in [0.05, 0.1) is 0 Å². The van der Waals surface area contributed by atoms with Crippen LogP contribution in [0.4, 0.5) is 14.5 Å². The quantitative estimate of drug-likeness (QED) is 0.773. The molecular formula is C15H19ClF2N2. The summed E-state index contributed by atoms with van der Waals surface area (Å²) in [7, 11) is 2.12. The summed E-state index contributed by atoms with van der Waals surface area (Å²) >= 11 is 5.65. The van der Waals surface area contributed by atoms with E-state index in [1.54, 1.807) is 0 Å². The zero-order valence-electron chi connectivity index (χ0n) is 11.6. The second kappa shape index (κ2) is 5.49. The van der Waals surface area contributed by atoms with Gasteiger partial charge >= 0.3 is 0 Å². The number of hydrogen-bond donors (Lipinski definition) is 0. The van der Waals surface area contributed by atoms with Gasteiger partial charge in [0.2, 0.25) is 0 Å². The van der Waals surface area contributed by atoms with Gasteiger partial charge in [-0.2, -0.15) is 0 Å². The minimum Gasteiger partial charge on any atom is -0.365 e. The number of likely N-dealkylation sites (N-methyl/N-ethyl adjacent to an activating group) is 1. The van der Waals surface area contributed by atoms with Crippen molar-refractivity contribution in [3.05, 3.63) is 29.3 Å². The summed E-state index contributed by atoms with van der Waals surface area (Å²) in [5.41, 5.74) is 0.596. The molecular weight excluding hydrogens is 282 g/mol. The van der Waals surface area contributed by atoms with Crippen LogP contribution in [0.1, 0.15) is 24.8 Å². The molecule has 2 saturated heterocycles. The number of alkyl halides is 1. The zero-order chi connectivity index (χ0) is 14.3. The van der Waals surface area contributed by atoms with Gasteiger partial charge in [-0.3, -0.25) is 4.90 Å². The van der Waals surface area contributed by atoms with Crippen molar-refractivity contribution in [2.24, 2.45) is 0 Å². The maximum absolute atomic E-state index is 14.2. The van der Waals surface area contributed by atoms with E-state index in [9.17, 15) is 8.78 Å². The molecule has 2 nitrogen and oxygen atoms in total. The maximum atomic E-state index is 14.2. The molecule has 2 aliphatic heterocycles. The molecule has 0 aromatic heterocycles. The molecule has 0 amide bonds. The van der Waals surface area contributed by atoms with E-state index in [2.05, 4.69) is 11.9 Å². The Morgan fingerprint density at radius 1 is 1.15 bits per heavy atom. The molecule has 110 valence electrons. The highest BCUT2D eigenvalue weighted by Crippen LogP contribution is 2.33. The molecule has 2 atom stereocenters. The van der Waals surface area contributed by atoms with E-state index in [4.69, 9.17) is 11.6 Å². The Bertz CT molecular complexity index is 486. The molecule has 2 heterocycles. The monoisotopic (exact) mass is 300 g/mol. The van der Waals surface area contributed by atoms with Crippen LogP contribution in [0, 0.1) is 11.6 Å². The molecule has 20 heavy (non-hydrogen) atoms. The maximum Gasteiger partial charge on any atom is 0.149 e. The minimum atomic E-state index is -0.499. The number of anilines is 1. The third kappa shape index (κ3) is 2.40. The van der Waals surface area contributed by atoms with Crippen LogP contribution in [0.5, 0.6) is 0 Å². The largest absolute Gasteiger partial charge is 0.365 e. The first kappa shape index (κ1) is 14.1. The smallest absolute Gasteiger partial charge is 0.149 e. The van der Waals surface area contributed by atoms with Crippen LogP contribution in [0.3, 0.4) is 0 Å². The Kier molecular flexibility index (Phi) is 3.87. The van der Waals surface area contributed by atoms with Crippen molar-refractivity contribution >= 4 is 17.3 Å². The fourth-order valence-corrected chi connectivity index (χ4v) is 3.66. The fraction of sp³-hybridized carbons (Fsp3) is 0.600. The lowest BCUT2D eigenvalue weighted by molar-refractivity contribution is 0.254. The van der Waals surface area contributed by atoms with Crippen molar-refractivity contribution in [2.75, 3.05) is 25.0 Å². The van der Waals surface area contributed by atoms with E-state index in [1.807, 2.05) is 4.90 Å². The van der Waals surface area contributed by atoms with E-state index < -0.39 is 11.6 Å². The van der Waals surface area contributed by atoms with Crippen LogP contribution in [-0.4, -0.2) is 37.1 Å². The van der Waals surface area contributed by atoms with E-state index >= 15 is 0 Å². The highest BCUT2D eigenvalue weighted by Gasteiger charge is 2.35. The average molecular weight is 301 g/mol. The Labute approximate surface area is 123 Å². The van der Waals surface area contributed by atoms with Crippen molar-refractivity contribution in [3.63, 3.8) is 0 Å². The summed E-state index contributed by atoms with van der Waals surface area (Å²) in [4.78, 5) is 4.23. The second-order valence-corrected chi connectivity index (χ2v) is 6.09. The third-order valence-corrected chi connectivity index (χ3v) is 5.00. The summed E-state index contributed by atoms with van der Waals surface area (Å²) in [6.07, 6.45) is 3.27. The molecule has 2 bridgehead atoms. The molecule has 2 unspecified atom stereocenters. The van der Waals surface area contributed by atoms with Gasteiger partial charge in [0.25, 0.3) is 0 Å². The number of benzene rings is 1.